The minimum absolute atomic E-state index is 0. The van der Waals surface area contributed by atoms with E-state index in [0.29, 0.717) is 13.0 Å². The first-order valence-corrected chi connectivity index (χ1v) is 7.68. The van der Waals surface area contributed by atoms with Crippen LogP contribution in [0.5, 0.6) is 0 Å². The summed E-state index contributed by atoms with van der Waals surface area (Å²) in [5.41, 5.74) is 2.64. The van der Waals surface area contributed by atoms with Gasteiger partial charge in [-0.1, -0.05) is 35.9 Å². The number of aryl methyl sites for hydroxylation is 1. The van der Waals surface area contributed by atoms with Gasteiger partial charge in [0.25, 0.3) is 0 Å². The van der Waals surface area contributed by atoms with Crippen molar-refractivity contribution in [2.75, 3.05) is 6.54 Å². The maximum absolute atomic E-state index is 13.3. The summed E-state index contributed by atoms with van der Waals surface area (Å²) in [5, 5.41) is 0. The molecule has 1 atom stereocenters. The van der Waals surface area contributed by atoms with Crippen LogP contribution in [0.15, 0.2) is 18.2 Å². The van der Waals surface area contributed by atoms with Gasteiger partial charge < -0.3 is 4.90 Å². The maximum atomic E-state index is 13.3. The number of halogens is 2. The third-order valence-corrected chi connectivity index (χ3v) is 4.25. The Kier molecular flexibility index (Phi) is 7.29. The first kappa shape index (κ1) is 18.2. The Hall–Kier alpha value is 0.194. The van der Waals surface area contributed by atoms with Crippen molar-refractivity contribution in [1.29, 1.82) is 0 Å². The van der Waals surface area contributed by atoms with Crippen LogP contribution in [0.3, 0.4) is 0 Å². The van der Waals surface area contributed by atoms with Crippen LogP contribution in [0.1, 0.15) is 31.4 Å². The first-order valence-electron chi connectivity index (χ1n) is 6.43. The zero-order chi connectivity index (χ0) is 14.0. The number of carbonyl (C=O) groups is 1. The van der Waals surface area contributed by atoms with Gasteiger partial charge in [0.05, 0.1) is 3.92 Å². The smallest absolute Gasteiger partial charge is 0.235 e. The van der Waals surface area contributed by atoms with Crippen molar-refractivity contribution in [2.24, 2.45) is 0 Å². The summed E-state index contributed by atoms with van der Waals surface area (Å²) >= 11 is 2.15. The summed E-state index contributed by atoms with van der Waals surface area (Å²) in [6, 6.07) is 4.73. The average molecular weight is 461 g/mol. The molecular weight excluding hydrogens is 445 g/mol. The van der Waals surface area contributed by atoms with Gasteiger partial charge in [-0.3, -0.25) is 4.79 Å². The summed E-state index contributed by atoms with van der Waals surface area (Å²) in [5.74, 6) is -0.124. The Morgan fingerprint density at radius 3 is 2.75 bits per heavy atom. The molecule has 1 aliphatic rings. The zero-order valence-electron chi connectivity index (χ0n) is 11.6. The van der Waals surface area contributed by atoms with Gasteiger partial charge >= 0.3 is 0 Å². The van der Waals surface area contributed by atoms with E-state index in [0.717, 1.165) is 23.2 Å². The van der Waals surface area contributed by atoms with Crippen LogP contribution in [0.4, 0.5) is 4.39 Å². The summed E-state index contributed by atoms with van der Waals surface area (Å²) in [6.07, 6.45) is 4.65. The third-order valence-electron chi connectivity index (χ3n) is 3.27. The molecule has 105 valence electrons. The average Bonchev–Trinajstić information content (AvgIpc) is 2.41. The molecule has 0 spiro atoms. The van der Waals surface area contributed by atoms with Gasteiger partial charge in [-0.05, 0) is 25.5 Å². The zero-order valence-corrected chi connectivity index (χ0v) is 16.6. The fourth-order valence-corrected chi connectivity index (χ4v) is 2.85. The summed E-state index contributed by atoms with van der Waals surface area (Å²) in [6.45, 7) is 4.55. The van der Waals surface area contributed by atoms with Gasteiger partial charge in [-0.2, -0.15) is 0 Å². The fraction of sp³-hybridized carbons (Fsp3) is 0.400. The van der Waals surface area contributed by atoms with Crippen LogP contribution in [0, 0.1) is 11.9 Å². The summed E-state index contributed by atoms with van der Waals surface area (Å²) in [7, 11) is 0. The van der Waals surface area contributed by atoms with E-state index in [1.807, 2.05) is 13.8 Å². The molecule has 2 nitrogen and oxygen atoms in total. The van der Waals surface area contributed by atoms with Gasteiger partial charge in [-0.15, -0.1) is 22.9 Å². The van der Waals surface area contributed by atoms with E-state index in [-0.39, 0.29) is 48.4 Å². The number of nitrogens with zero attached hydrogens (tertiary/aromatic N) is 1. The van der Waals surface area contributed by atoms with Crippen molar-refractivity contribution in [3.05, 3.63) is 41.2 Å². The number of carbonyl (C=O) groups excluding carboxylic acids is 1. The Morgan fingerprint density at radius 2 is 2.15 bits per heavy atom. The quantitative estimate of drug-likeness (QED) is 0.383. The van der Waals surface area contributed by atoms with Crippen molar-refractivity contribution < 1.29 is 41.9 Å². The molecule has 1 amide bonds. The predicted molar refractivity (Wildman–Crippen MR) is 82.2 cm³/mol. The molecule has 0 fully saturated rings. The maximum Gasteiger partial charge on any atom is 0.235 e. The van der Waals surface area contributed by atoms with E-state index in [4.69, 9.17) is 0 Å². The van der Waals surface area contributed by atoms with Crippen LogP contribution < -0.4 is 0 Å². The van der Waals surface area contributed by atoms with Gasteiger partial charge in [0.1, 0.15) is 5.82 Å². The first-order chi connectivity index (χ1) is 9.08. The second-order valence-electron chi connectivity index (χ2n) is 4.43. The van der Waals surface area contributed by atoms with Crippen LogP contribution in [0.25, 0.3) is 5.70 Å². The Balaban J connectivity index is 0.00000200. The topological polar surface area (TPSA) is 20.3 Å². The van der Waals surface area contributed by atoms with E-state index in [2.05, 4.69) is 28.7 Å². The minimum atomic E-state index is -0.238. The normalized spacial score (nSPS) is 18.6. The largest absolute Gasteiger partial charge is 0.347 e. The molecule has 2 rings (SSSR count). The van der Waals surface area contributed by atoms with E-state index >= 15 is 0 Å². The van der Waals surface area contributed by atoms with Crippen molar-refractivity contribution in [2.45, 2.75) is 30.6 Å². The molecule has 1 aliphatic heterocycles. The van der Waals surface area contributed by atoms with Crippen LogP contribution in [-0.2, 0) is 43.9 Å². The van der Waals surface area contributed by atoms with Crippen molar-refractivity contribution in [3.8, 4) is 0 Å². The minimum Gasteiger partial charge on any atom is -0.347 e. The molecular formula is C15H16FINOY-. The van der Waals surface area contributed by atoms with Crippen molar-refractivity contribution >= 4 is 34.2 Å². The molecule has 1 heterocycles. The molecule has 0 bridgehead atoms. The molecule has 1 unspecified atom stereocenters. The number of alkyl halides is 1. The van der Waals surface area contributed by atoms with Gasteiger partial charge in [-0.25, -0.2) is 10.5 Å². The van der Waals surface area contributed by atoms with Crippen molar-refractivity contribution in [1.82, 2.24) is 4.90 Å². The number of hydrogen-bond acceptors (Lipinski definition) is 1. The second kappa shape index (κ2) is 7.99. The molecule has 0 saturated carbocycles. The molecule has 5 heteroatoms. The molecule has 0 aromatic heterocycles. The van der Waals surface area contributed by atoms with Gasteiger partial charge in [0, 0.05) is 39.3 Å². The summed E-state index contributed by atoms with van der Waals surface area (Å²) in [4.78, 5) is 13.9. The predicted octanol–water partition coefficient (Wildman–Crippen LogP) is 3.59. The van der Waals surface area contributed by atoms with Crippen LogP contribution >= 0.6 is 22.6 Å². The molecule has 1 aromatic carbocycles. The van der Waals surface area contributed by atoms with Gasteiger partial charge in [0.2, 0.25) is 5.91 Å². The van der Waals surface area contributed by atoms with Gasteiger partial charge in [0.15, 0.2) is 0 Å². The molecule has 1 aromatic rings. The van der Waals surface area contributed by atoms with E-state index < -0.39 is 0 Å². The van der Waals surface area contributed by atoms with Crippen molar-refractivity contribution in [3.63, 3.8) is 0 Å². The molecule has 1 radical (unpaired) electrons. The number of rotatable bonds is 3. The monoisotopic (exact) mass is 461 g/mol. The number of hydrogen-bond donors (Lipinski definition) is 0. The SMILES string of the molecule is CCc1cc(F)ccc1C1=[C-]CC(I)C(=O)N1CC.[Y]. The molecule has 0 aliphatic carbocycles. The Labute approximate surface area is 158 Å². The van der Waals surface area contributed by atoms with E-state index in [1.54, 1.807) is 17.0 Å². The number of benzene rings is 1. The molecule has 0 saturated heterocycles. The third kappa shape index (κ3) is 3.69. The van der Waals surface area contributed by atoms with Crippen LogP contribution in [0.2, 0.25) is 0 Å². The van der Waals surface area contributed by atoms with E-state index in [1.165, 1.54) is 6.07 Å². The molecule has 20 heavy (non-hydrogen) atoms. The van der Waals surface area contributed by atoms with Crippen LogP contribution in [-0.4, -0.2) is 21.3 Å². The standard InChI is InChI=1S/C15H16FINO.Y/c1-3-10-9-11(16)5-6-12(10)14-8-7-13(17)15(19)18(14)4-2;/h5-6,9,13H,3-4,7H2,1-2H3;/q-1;. The summed E-state index contributed by atoms with van der Waals surface area (Å²) < 4.78 is 13.3. The Morgan fingerprint density at radius 1 is 1.45 bits per heavy atom. The fourth-order valence-electron chi connectivity index (χ4n) is 2.29. The second-order valence-corrected chi connectivity index (χ2v) is 5.94. The number of allylic oxidation sites excluding steroid dienone is 1. The van der Waals surface area contributed by atoms with E-state index in [9.17, 15) is 9.18 Å². The Bertz CT molecular complexity index is 533. The molecule has 0 N–H and O–H groups in total. The number of amides is 1.